The van der Waals surface area contributed by atoms with Gasteiger partial charge in [0.1, 0.15) is 6.07 Å². The maximum absolute atomic E-state index is 11.4. The second-order valence-corrected chi connectivity index (χ2v) is 5.56. The number of piperidine rings is 1. The van der Waals surface area contributed by atoms with Gasteiger partial charge in [0.05, 0.1) is 11.3 Å². The summed E-state index contributed by atoms with van der Waals surface area (Å²) in [7, 11) is 1.85. The van der Waals surface area contributed by atoms with Crippen LogP contribution in [-0.4, -0.2) is 37.0 Å². The summed E-state index contributed by atoms with van der Waals surface area (Å²) in [5, 5.41) is 9.78. The summed E-state index contributed by atoms with van der Waals surface area (Å²) in [6, 6.07) is 7.90. The van der Waals surface area contributed by atoms with Crippen molar-refractivity contribution in [1.82, 2.24) is 4.90 Å². The van der Waals surface area contributed by atoms with Gasteiger partial charge in [-0.25, -0.2) is 0 Å². The van der Waals surface area contributed by atoms with E-state index in [9.17, 15) is 10.1 Å². The molecule has 0 atom stereocenters. The van der Waals surface area contributed by atoms with Crippen LogP contribution in [0.2, 0.25) is 5.02 Å². The lowest BCUT2D eigenvalue weighted by Crippen LogP contribution is -2.45. The molecule has 0 aliphatic carbocycles. The minimum Gasteiger partial charge on any atom is -0.370 e. The zero-order valence-electron chi connectivity index (χ0n) is 11.8. The van der Waals surface area contributed by atoms with Gasteiger partial charge in [-0.1, -0.05) is 11.6 Å². The maximum Gasteiger partial charge on any atom is 0.219 e. The molecule has 1 heterocycles. The van der Waals surface area contributed by atoms with Crippen molar-refractivity contribution in [1.29, 1.82) is 5.26 Å². The van der Waals surface area contributed by atoms with Gasteiger partial charge in [-0.05, 0) is 31.0 Å². The first-order chi connectivity index (χ1) is 9.52. The summed E-state index contributed by atoms with van der Waals surface area (Å²) < 4.78 is 0. The van der Waals surface area contributed by atoms with Crippen LogP contribution in [0.3, 0.4) is 0 Å². The fraction of sp³-hybridized carbons (Fsp3) is 0.467. The van der Waals surface area contributed by atoms with Gasteiger partial charge in [0.25, 0.3) is 0 Å². The normalized spacial score (nSPS) is 15.8. The molecular weight excluding hydrogens is 274 g/mol. The molecule has 1 aliphatic heterocycles. The van der Waals surface area contributed by atoms with Crippen molar-refractivity contribution >= 4 is 23.2 Å². The number of carbonyl (C=O) groups is 1. The molecule has 1 aromatic rings. The Morgan fingerprint density at radius 1 is 1.45 bits per heavy atom. The third-order valence-corrected chi connectivity index (χ3v) is 4.16. The first-order valence-corrected chi connectivity index (χ1v) is 7.08. The van der Waals surface area contributed by atoms with E-state index in [2.05, 4.69) is 11.0 Å². The molecule has 1 aliphatic rings. The van der Waals surface area contributed by atoms with Crippen molar-refractivity contribution in [3.05, 3.63) is 28.8 Å². The van der Waals surface area contributed by atoms with Crippen molar-refractivity contribution < 1.29 is 4.79 Å². The fourth-order valence-electron chi connectivity index (χ4n) is 2.62. The number of rotatable bonds is 2. The lowest BCUT2D eigenvalue weighted by Gasteiger charge is -2.37. The van der Waals surface area contributed by atoms with Crippen LogP contribution < -0.4 is 4.90 Å². The highest BCUT2D eigenvalue weighted by Crippen LogP contribution is 2.27. The molecule has 0 saturated carbocycles. The lowest BCUT2D eigenvalue weighted by molar-refractivity contribution is -0.129. The van der Waals surface area contributed by atoms with Gasteiger partial charge in [-0.3, -0.25) is 4.79 Å². The van der Waals surface area contributed by atoms with E-state index < -0.39 is 0 Å². The van der Waals surface area contributed by atoms with E-state index >= 15 is 0 Å². The summed E-state index contributed by atoms with van der Waals surface area (Å²) >= 11 is 5.92. The van der Waals surface area contributed by atoms with E-state index in [0.29, 0.717) is 16.6 Å². The molecule has 0 radical (unpaired) electrons. The molecule has 1 aromatic carbocycles. The highest BCUT2D eigenvalue weighted by Gasteiger charge is 2.24. The highest BCUT2D eigenvalue weighted by molar-refractivity contribution is 6.30. The summed E-state index contributed by atoms with van der Waals surface area (Å²) in [5.41, 5.74) is 1.54. The van der Waals surface area contributed by atoms with Crippen LogP contribution in [0.5, 0.6) is 0 Å². The Kier molecular flexibility index (Phi) is 4.51. The zero-order valence-corrected chi connectivity index (χ0v) is 12.5. The van der Waals surface area contributed by atoms with Crippen LogP contribution in [0.15, 0.2) is 18.2 Å². The van der Waals surface area contributed by atoms with Crippen molar-refractivity contribution in [2.24, 2.45) is 0 Å². The van der Waals surface area contributed by atoms with Gasteiger partial charge in [0.15, 0.2) is 0 Å². The van der Waals surface area contributed by atoms with E-state index in [0.717, 1.165) is 31.6 Å². The number of hydrogen-bond acceptors (Lipinski definition) is 3. The third-order valence-electron chi connectivity index (χ3n) is 3.93. The minimum absolute atomic E-state index is 0.104. The quantitative estimate of drug-likeness (QED) is 0.841. The van der Waals surface area contributed by atoms with Crippen LogP contribution in [0, 0.1) is 11.3 Å². The predicted octanol–water partition coefficient (Wildman–Crippen LogP) is 2.66. The molecular formula is C15H18ClN3O. The van der Waals surface area contributed by atoms with Crippen LogP contribution in [0.1, 0.15) is 25.3 Å². The van der Waals surface area contributed by atoms with Crippen LogP contribution in [-0.2, 0) is 4.79 Å². The van der Waals surface area contributed by atoms with Gasteiger partial charge in [0.2, 0.25) is 5.91 Å². The van der Waals surface area contributed by atoms with E-state index in [-0.39, 0.29) is 5.91 Å². The first-order valence-electron chi connectivity index (χ1n) is 6.71. The van der Waals surface area contributed by atoms with Crippen molar-refractivity contribution in [3.8, 4) is 6.07 Å². The van der Waals surface area contributed by atoms with Gasteiger partial charge in [-0.2, -0.15) is 5.26 Å². The third kappa shape index (κ3) is 3.05. The molecule has 0 unspecified atom stereocenters. The van der Waals surface area contributed by atoms with Gasteiger partial charge in [-0.15, -0.1) is 0 Å². The topological polar surface area (TPSA) is 47.3 Å². The Bertz CT molecular complexity index is 545. The van der Waals surface area contributed by atoms with E-state index in [1.165, 1.54) is 0 Å². The summed E-state index contributed by atoms with van der Waals surface area (Å²) in [6.45, 7) is 3.29. The first kappa shape index (κ1) is 14.7. The number of anilines is 1. The second-order valence-electron chi connectivity index (χ2n) is 5.12. The number of halogens is 1. The molecule has 106 valence electrons. The lowest BCUT2D eigenvalue weighted by atomic mass is 10.0. The Labute approximate surface area is 124 Å². The standard InChI is InChI=1S/C15H18ClN3O/c1-11(20)18(2)14-5-7-19(8-6-14)15-4-3-13(16)9-12(15)10-17/h3-4,9,14H,5-8H2,1-2H3. The number of amides is 1. The SMILES string of the molecule is CC(=O)N(C)C1CCN(c2ccc(Cl)cc2C#N)CC1. The van der Waals surface area contributed by atoms with Crippen LogP contribution in [0.4, 0.5) is 5.69 Å². The van der Waals surface area contributed by atoms with E-state index in [1.54, 1.807) is 13.0 Å². The molecule has 0 spiro atoms. The van der Waals surface area contributed by atoms with Crippen LogP contribution in [0.25, 0.3) is 0 Å². The molecule has 4 nitrogen and oxygen atoms in total. The number of carbonyl (C=O) groups excluding carboxylic acids is 1. The smallest absolute Gasteiger partial charge is 0.219 e. The zero-order chi connectivity index (χ0) is 14.7. The Morgan fingerprint density at radius 2 is 2.10 bits per heavy atom. The van der Waals surface area contributed by atoms with Gasteiger partial charge < -0.3 is 9.80 Å². The molecule has 5 heteroatoms. The molecule has 0 N–H and O–H groups in total. The molecule has 1 fully saturated rings. The number of benzene rings is 1. The van der Waals surface area contributed by atoms with Crippen molar-refractivity contribution in [3.63, 3.8) is 0 Å². The molecule has 1 amide bonds. The summed E-state index contributed by atoms with van der Waals surface area (Å²) in [5.74, 6) is 0.104. The molecule has 1 saturated heterocycles. The van der Waals surface area contributed by atoms with E-state index in [1.807, 2.05) is 24.1 Å². The maximum atomic E-state index is 11.4. The highest BCUT2D eigenvalue weighted by atomic mass is 35.5. The van der Waals surface area contributed by atoms with E-state index in [4.69, 9.17) is 11.6 Å². The number of hydrogen-bond donors (Lipinski definition) is 0. The average molecular weight is 292 g/mol. The number of nitrogens with zero attached hydrogens (tertiary/aromatic N) is 3. The monoisotopic (exact) mass is 291 g/mol. The van der Waals surface area contributed by atoms with Gasteiger partial charge >= 0.3 is 0 Å². The van der Waals surface area contributed by atoms with Gasteiger partial charge in [0, 0.05) is 38.1 Å². The summed E-state index contributed by atoms with van der Waals surface area (Å²) in [4.78, 5) is 15.4. The van der Waals surface area contributed by atoms with Crippen LogP contribution >= 0.6 is 11.6 Å². The second kappa shape index (κ2) is 6.15. The molecule has 2 rings (SSSR count). The molecule has 0 aromatic heterocycles. The average Bonchev–Trinajstić information content (AvgIpc) is 2.46. The number of nitriles is 1. The van der Waals surface area contributed by atoms with Crippen molar-refractivity contribution in [2.75, 3.05) is 25.0 Å². The Morgan fingerprint density at radius 3 is 2.65 bits per heavy atom. The minimum atomic E-state index is 0.104. The molecule has 20 heavy (non-hydrogen) atoms. The fourth-order valence-corrected chi connectivity index (χ4v) is 2.80. The molecule has 0 bridgehead atoms. The van der Waals surface area contributed by atoms with Crippen molar-refractivity contribution in [2.45, 2.75) is 25.8 Å². The summed E-state index contributed by atoms with van der Waals surface area (Å²) in [6.07, 6.45) is 1.84. The Balaban J connectivity index is 2.08. The predicted molar refractivity (Wildman–Crippen MR) is 79.8 cm³/mol. The Hall–Kier alpha value is -1.73. The largest absolute Gasteiger partial charge is 0.370 e.